The number of hydrogen-bond acceptors (Lipinski definition) is 3. The molecule has 2 aromatic carbocycles. The van der Waals surface area contributed by atoms with E-state index in [1.807, 2.05) is 43.3 Å². The largest absolute Gasteiger partial charge is 0.508 e. The number of aromatic hydroxyl groups is 1. The molecular weight excluding hydrogens is 264 g/mol. The maximum absolute atomic E-state index is 9.42. The smallest absolute Gasteiger partial charge is 0.147 e. The zero-order valence-electron chi connectivity index (χ0n) is 12.2. The van der Waals surface area contributed by atoms with Crippen LogP contribution in [0.3, 0.4) is 0 Å². The second-order valence-corrected chi connectivity index (χ2v) is 4.51. The van der Waals surface area contributed by atoms with Gasteiger partial charge in [0.1, 0.15) is 12.5 Å². The summed E-state index contributed by atoms with van der Waals surface area (Å²) in [7, 11) is 0. The van der Waals surface area contributed by atoms with E-state index in [-0.39, 0.29) is 5.75 Å². The average Bonchev–Trinajstić information content (AvgIpc) is 2.53. The van der Waals surface area contributed by atoms with Crippen LogP contribution >= 0.6 is 0 Å². The molecule has 0 saturated heterocycles. The highest BCUT2D eigenvalue weighted by atomic mass is 16.7. The number of rotatable bonds is 7. The van der Waals surface area contributed by atoms with E-state index >= 15 is 0 Å². The fourth-order valence-electron chi connectivity index (χ4n) is 1.99. The van der Waals surface area contributed by atoms with Gasteiger partial charge in [0.25, 0.3) is 0 Å². The predicted molar refractivity (Wildman–Crippen MR) is 84.1 cm³/mol. The van der Waals surface area contributed by atoms with Crippen molar-refractivity contribution in [2.75, 3.05) is 20.0 Å². The second kappa shape index (κ2) is 8.25. The minimum atomic E-state index is 0.263. The van der Waals surface area contributed by atoms with Crippen LogP contribution in [0.5, 0.6) is 5.75 Å². The molecule has 0 amide bonds. The Morgan fingerprint density at radius 3 is 2.29 bits per heavy atom. The van der Waals surface area contributed by atoms with Crippen molar-refractivity contribution in [1.29, 1.82) is 0 Å². The molecule has 0 saturated carbocycles. The average molecular weight is 284 g/mol. The SMILES string of the molecule is CCOCOC/C=C(/c1ccccc1)c1ccc(O)cc1. The first kappa shape index (κ1) is 15.3. The molecule has 0 atom stereocenters. The van der Waals surface area contributed by atoms with Crippen molar-refractivity contribution in [3.05, 3.63) is 71.8 Å². The maximum atomic E-state index is 9.42. The van der Waals surface area contributed by atoms with Crippen LogP contribution < -0.4 is 0 Å². The van der Waals surface area contributed by atoms with Gasteiger partial charge in [-0.3, -0.25) is 0 Å². The van der Waals surface area contributed by atoms with Gasteiger partial charge in [0, 0.05) is 6.61 Å². The Balaban J connectivity index is 2.18. The van der Waals surface area contributed by atoms with Crippen molar-refractivity contribution in [3.63, 3.8) is 0 Å². The van der Waals surface area contributed by atoms with E-state index in [9.17, 15) is 5.11 Å². The monoisotopic (exact) mass is 284 g/mol. The van der Waals surface area contributed by atoms with Gasteiger partial charge in [0.2, 0.25) is 0 Å². The first-order valence-electron chi connectivity index (χ1n) is 7.01. The lowest BCUT2D eigenvalue weighted by molar-refractivity contribution is -0.0388. The van der Waals surface area contributed by atoms with E-state index < -0.39 is 0 Å². The Bertz CT molecular complexity index is 559. The van der Waals surface area contributed by atoms with Crippen LogP contribution in [0.15, 0.2) is 60.7 Å². The van der Waals surface area contributed by atoms with Gasteiger partial charge in [-0.15, -0.1) is 0 Å². The summed E-state index contributed by atoms with van der Waals surface area (Å²) >= 11 is 0. The van der Waals surface area contributed by atoms with Gasteiger partial charge in [0.05, 0.1) is 6.61 Å². The van der Waals surface area contributed by atoms with Gasteiger partial charge in [-0.1, -0.05) is 48.5 Å². The van der Waals surface area contributed by atoms with E-state index in [0.717, 1.165) is 16.7 Å². The molecule has 0 bridgehead atoms. The first-order valence-corrected chi connectivity index (χ1v) is 7.01. The van der Waals surface area contributed by atoms with Crippen molar-refractivity contribution < 1.29 is 14.6 Å². The summed E-state index contributed by atoms with van der Waals surface area (Å²) in [6, 6.07) is 17.3. The number of phenols is 1. The van der Waals surface area contributed by atoms with Crippen molar-refractivity contribution in [2.45, 2.75) is 6.92 Å². The number of benzene rings is 2. The molecule has 0 aliphatic rings. The van der Waals surface area contributed by atoms with Crippen LogP contribution in [-0.4, -0.2) is 25.1 Å². The molecule has 0 fully saturated rings. The van der Waals surface area contributed by atoms with Crippen LogP contribution in [0, 0.1) is 0 Å². The van der Waals surface area contributed by atoms with Crippen LogP contribution in [0.2, 0.25) is 0 Å². The van der Waals surface area contributed by atoms with E-state index in [2.05, 4.69) is 12.1 Å². The minimum Gasteiger partial charge on any atom is -0.508 e. The second-order valence-electron chi connectivity index (χ2n) is 4.51. The zero-order valence-corrected chi connectivity index (χ0v) is 12.2. The fraction of sp³-hybridized carbons (Fsp3) is 0.222. The normalized spacial score (nSPS) is 11.6. The summed E-state index contributed by atoms with van der Waals surface area (Å²) in [5, 5.41) is 9.42. The first-order chi connectivity index (χ1) is 10.3. The molecule has 0 radical (unpaired) electrons. The van der Waals surface area contributed by atoms with E-state index in [1.165, 1.54) is 0 Å². The fourth-order valence-corrected chi connectivity index (χ4v) is 1.99. The summed E-state index contributed by atoms with van der Waals surface area (Å²) in [4.78, 5) is 0. The summed E-state index contributed by atoms with van der Waals surface area (Å²) in [6.07, 6.45) is 2.03. The van der Waals surface area contributed by atoms with Crippen LogP contribution in [0.4, 0.5) is 0 Å². The molecule has 0 aliphatic carbocycles. The quantitative estimate of drug-likeness (QED) is 0.620. The summed E-state index contributed by atoms with van der Waals surface area (Å²) < 4.78 is 10.6. The summed E-state index contributed by atoms with van der Waals surface area (Å²) in [5.74, 6) is 0.263. The molecular formula is C18H20O3. The standard InChI is InChI=1S/C18H20O3/c1-2-20-14-21-13-12-18(15-6-4-3-5-7-15)16-8-10-17(19)11-9-16/h3-12,19H,2,13-14H2,1H3/b18-12-. The third kappa shape index (κ3) is 4.74. The highest BCUT2D eigenvalue weighted by Gasteiger charge is 2.04. The third-order valence-electron chi connectivity index (χ3n) is 3.04. The predicted octanol–water partition coefficient (Wildman–Crippen LogP) is 3.83. The Kier molecular flexibility index (Phi) is 6.00. The maximum Gasteiger partial charge on any atom is 0.147 e. The van der Waals surface area contributed by atoms with Gasteiger partial charge in [-0.05, 0) is 35.8 Å². The van der Waals surface area contributed by atoms with Crippen molar-refractivity contribution in [3.8, 4) is 5.75 Å². The summed E-state index contributed by atoms with van der Waals surface area (Å²) in [5.41, 5.74) is 3.23. The molecule has 3 heteroatoms. The lowest BCUT2D eigenvalue weighted by Crippen LogP contribution is -2.00. The Morgan fingerprint density at radius 1 is 0.952 bits per heavy atom. The van der Waals surface area contributed by atoms with E-state index in [1.54, 1.807) is 12.1 Å². The lowest BCUT2D eigenvalue weighted by Gasteiger charge is -2.09. The van der Waals surface area contributed by atoms with Gasteiger partial charge in [-0.25, -0.2) is 0 Å². The van der Waals surface area contributed by atoms with Crippen molar-refractivity contribution in [1.82, 2.24) is 0 Å². The van der Waals surface area contributed by atoms with Crippen molar-refractivity contribution in [2.24, 2.45) is 0 Å². The lowest BCUT2D eigenvalue weighted by atomic mass is 9.98. The molecule has 0 aliphatic heterocycles. The molecule has 2 aromatic rings. The number of phenolic OH excluding ortho intramolecular Hbond substituents is 1. The molecule has 1 N–H and O–H groups in total. The molecule has 3 nitrogen and oxygen atoms in total. The highest BCUT2D eigenvalue weighted by Crippen LogP contribution is 2.24. The van der Waals surface area contributed by atoms with E-state index in [4.69, 9.17) is 9.47 Å². The molecule has 110 valence electrons. The molecule has 0 spiro atoms. The summed E-state index contributed by atoms with van der Waals surface area (Å²) in [6.45, 7) is 3.36. The molecule has 0 heterocycles. The third-order valence-corrected chi connectivity index (χ3v) is 3.04. The van der Waals surface area contributed by atoms with Crippen LogP contribution in [0.1, 0.15) is 18.1 Å². The molecule has 21 heavy (non-hydrogen) atoms. The Hall–Kier alpha value is -2.10. The number of ether oxygens (including phenoxy) is 2. The minimum absolute atomic E-state index is 0.263. The highest BCUT2D eigenvalue weighted by molar-refractivity contribution is 5.79. The van der Waals surface area contributed by atoms with E-state index in [0.29, 0.717) is 20.0 Å². The Morgan fingerprint density at radius 2 is 1.62 bits per heavy atom. The molecule has 2 rings (SSSR count). The van der Waals surface area contributed by atoms with Crippen molar-refractivity contribution >= 4 is 5.57 Å². The van der Waals surface area contributed by atoms with Gasteiger partial charge in [0.15, 0.2) is 0 Å². The zero-order chi connectivity index (χ0) is 14.9. The van der Waals surface area contributed by atoms with Gasteiger partial charge < -0.3 is 14.6 Å². The topological polar surface area (TPSA) is 38.7 Å². The molecule has 0 aromatic heterocycles. The van der Waals surface area contributed by atoms with Crippen LogP contribution in [-0.2, 0) is 9.47 Å². The van der Waals surface area contributed by atoms with Gasteiger partial charge >= 0.3 is 0 Å². The Labute approximate surface area is 125 Å². The van der Waals surface area contributed by atoms with Crippen LogP contribution in [0.25, 0.3) is 5.57 Å². The van der Waals surface area contributed by atoms with Gasteiger partial charge in [-0.2, -0.15) is 0 Å². The molecule has 0 unspecified atom stereocenters. The number of hydrogen-bond donors (Lipinski definition) is 1.